The molecule has 0 unspecified atom stereocenters. The van der Waals surface area contributed by atoms with E-state index in [0.717, 1.165) is 6.42 Å². The van der Waals surface area contributed by atoms with E-state index in [1.165, 1.54) is 12.1 Å². The van der Waals surface area contributed by atoms with Crippen molar-refractivity contribution < 1.29 is 17.9 Å². The van der Waals surface area contributed by atoms with Gasteiger partial charge in [-0.25, -0.2) is 13.1 Å². The van der Waals surface area contributed by atoms with Crippen molar-refractivity contribution in [3.8, 4) is 11.5 Å². The highest BCUT2D eigenvalue weighted by Crippen LogP contribution is 2.32. The fraction of sp³-hybridized carbons (Fsp3) is 0.538. The smallest absolute Gasteiger partial charge is 0.241 e. The highest BCUT2D eigenvalue weighted by atomic mass is 32.2. The van der Waals surface area contributed by atoms with Crippen LogP contribution in [0, 0.1) is 0 Å². The van der Waals surface area contributed by atoms with Crippen LogP contribution < -0.4 is 14.2 Å². The Balaban J connectivity index is 2.34. The number of fused-ring (bicyclic) bond motifs is 1. The van der Waals surface area contributed by atoms with E-state index < -0.39 is 15.6 Å². The van der Waals surface area contributed by atoms with Gasteiger partial charge in [-0.3, -0.25) is 0 Å². The molecule has 5 nitrogen and oxygen atoms in total. The van der Waals surface area contributed by atoms with Crippen molar-refractivity contribution in [2.75, 3.05) is 13.2 Å². The maximum atomic E-state index is 12.2. The van der Waals surface area contributed by atoms with Gasteiger partial charge in [-0.2, -0.15) is 0 Å². The van der Waals surface area contributed by atoms with Crippen LogP contribution in [0.5, 0.6) is 11.5 Å². The standard InChI is InChI=1S/C13H19NO4S/c1-13(2,3)14-19(15,16)10-5-6-11-12(9-10)18-8-4-7-17-11/h5-6,9,14H,4,7-8H2,1-3H3. The molecule has 1 aliphatic heterocycles. The number of hydrogen-bond donors (Lipinski definition) is 1. The molecule has 2 rings (SSSR count). The molecule has 1 aromatic carbocycles. The van der Waals surface area contributed by atoms with E-state index in [0.29, 0.717) is 24.7 Å². The van der Waals surface area contributed by atoms with Gasteiger partial charge in [0.2, 0.25) is 10.0 Å². The van der Waals surface area contributed by atoms with E-state index in [-0.39, 0.29) is 4.90 Å². The third-order valence-corrected chi connectivity index (χ3v) is 4.23. The molecule has 0 spiro atoms. The summed E-state index contributed by atoms with van der Waals surface area (Å²) in [5.74, 6) is 1.07. The Bertz CT molecular complexity index is 560. The van der Waals surface area contributed by atoms with Crippen molar-refractivity contribution in [3.63, 3.8) is 0 Å². The normalized spacial score (nSPS) is 15.9. The van der Waals surface area contributed by atoms with Gasteiger partial charge in [0, 0.05) is 18.0 Å². The average molecular weight is 285 g/mol. The van der Waals surface area contributed by atoms with Crippen LogP contribution in [-0.2, 0) is 10.0 Å². The second-order valence-electron chi connectivity index (χ2n) is 5.51. The molecule has 1 N–H and O–H groups in total. The lowest BCUT2D eigenvalue weighted by Crippen LogP contribution is -2.40. The monoisotopic (exact) mass is 285 g/mol. The van der Waals surface area contributed by atoms with Gasteiger partial charge in [-0.15, -0.1) is 0 Å². The number of hydrogen-bond acceptors (Lipinski definition) is 4. The van der Waals surface area contributed by atoms with Crippen molar-refractivity contribution in [2.24, 2.45) is 0 Å². The molecule has 0 amide bonds. The van der Waals surface area contributed by atoms with Gasteiger partial charge in [-0.05, 0) is 32.9 Å². The van der Waals surface area contributed by atoms with Gasteiger partial charge in [0.25, 0.3) is 0 Å². The van der Waals surface area contributed by atoms with Crippen molar-refractivity contribution in [2.45, 2.75) is 37.6 Å². The second kappa shape index (κ2) is 5.02. The molecule has 0 radical (unpaired) electrons. The van der Waals surface area contributed by atoms with Crippen LogP contribution in [0.2, 0.25) is 0 Å². The summed E-state index contributed by atoms with van der Waals surface area (Å²) in [4.78, 5) is 0.187. The molecular formula is C13H19NO4S. The first-order chi connectivity index (χ1) is 8.78. The topological polar surface area (TPSA) is 64.6 Å². The Labute approximate surface area is 114 Å². The Morgan fingerprint density at radius 1 is 1.11 bits per heavy atom. The third kappa shape index (κ3) is 3.61. The minimum atomic E-state index is -3.55. The Morgan fingerprint density at radius 3 is 2.37 bits per heavy atom. The first-order valence-electron chi connectivity index (χ1n) is 6.22. The summed E-state index contributed by atoms with van der Waals surface area (Å²) in [6, 6.07) is 4.67. The van der Waals surface area contributed by atoms with Crippen LogP contribution >= 0.6 is 0 Å². The predicted molar refractivity (Wildman–Crippen MR) is 72.1 cm³/mol. The highest BCUT2D eigenvalue weighted by Gasteiger charge is 2.23. The number of sulfonamides is 1. The van der Waals surface area contributed by atoms with E-state index >= 15 is 0 Å². The second-order valence-corrected chi connectivity index (χ2v) is 7.20. The first kappa shape index (κ1) is 14.1. The molecule has 0 aromatic heterocycles. The summed E-state index contributed by atoms with van der Waals surface area (Å²) < 4.78 is 38.0. The quantitative estimate of drug-likeness (QED) is 0.901. The van der Waals surface area contributed by atoms with E-state index in [1.807, 2.05) is 0 Å². The molecule has 0 fully saturated rings. The third-order valence-electron chi connectivity index (χ3n) is 2.47. The fourth-order valence-corrected chi connectivity index (χ4v) is 3.21. The van der Waals surface area contributed by atoms with Crippen LogP contribution in [-0.4, -0.2) is 27.2 Å². The molecule has 106 valence electrons. The summed E-state index contributed by atoms with van der Waals surface area (Å²) in [5, 5.41) is 0. The zero-order valence-electron chi connectivity index (χ0n) is 11.4. The lowest BCUT2D eigenvalue weighted by Gasteiger charge is -2.20. The summed E-state index contributed by atoms with van der Waals surface area (Å²) in [6.07, 6.45) is 0.789. The van der Waals surface area contributed by atoms with Crippen molar-refractivity contribution in [1.29, 1.82) is 0 Å². The van der Waals surface area contributed by atoms with E-state index in [1.54, 1.807) is 26.8 Å². The molecular weight excluding hydrogens is 266 g/mol. The summed E-state index contributed by atoms with van der Waals surface area (Å²) >= 11 is 0. The molecule has 0 saturated heterocycles. The summed E-state index contributed by atoms with van der Waals surface area (Å²) in [7, 11) is -3.55. The lowest BCUT2D eigenvalue weighted by atomic mass is 10.1. The van der Waals surface area contributed by atoms with Gasteiger partial charge < -0.3 is 9.47 Å². The van der Waals surface area contributed by atoms with Crippen molar-refractivity contribution in [1.82, 2.24) is 4.72 Å². The zero-order chi connectivity index (χ0) is 14.1. The Morgan fingerprint density at radius 2 is 1.74 bits per heavy atom. The van der Waals surface area contributed by atoms with Crippen LogP contribution in [0.1, 0.15) is 27.2 Å². The molecule has 1 aromatic rings. The van der Waals surface area contributed by atoms with Crippen LogP contribution in [0.15, 0.2) is 23.1 Å². The molecule has 6 heteroatoms. The van der Waals surface area contributed by atoms with Gasteiger partial charge in [0.1, 0.15) is 0 Å². The zero-order valence-corrected chi connectivity index (χ0v) is 12.2. The minimum Gasteiger partial charge on any atom is -0.490 e. The van der Waals surface area contributed by atoms with E-state index in [9.17, 15) is 8.42 Å². The summed E-state index contributed by atoms with van der Waals surface area (Å²) in [6.45, 7) is 6.51. The average Bonchev–Trinajstić information content (AvgIpc) is 2.49. The van der Waals surface area contributed by atoms with Crippen LogP contribution in [0.4, 0.5) is 0 Å². The van der Waals surface area contributed by atoms with E-state index in [4.69, 9.17) is 9.47 Å². The van der Waals surface area contributed by atoms with Crippen molar-refractivity contribution in [3.05, 3.63) is 18.2 Å². The fourth-order valence-electron chi connectivity index (χ4n) is 1.77. The highest BCUT2D eigenvalue weighted by molar-refractivity contribution is 7.89. The number of benzene rings is 1. The SMILES string of the molecule is CC(C)(C)NS(=O)(=O)c1ccc2c(c1)OCCCO2. The van der Waals surface area contributed by atoms with Gasteiger partial charge in [0.15, 0.2) is 11.5 Å². The lowest BCUT2D eigenvalue weighted by molar-refractivity contribution is 0.297. The Kier molecular flexibility index (Phi) is 3.73. The number of ether oxygens (including phenoxy) is 2. The number of nitrogens with one attached hydrogen (secondary N) is 1. The van der Waals surface area contributed by atoms with Gasteiger partial charge in [0.05, 0.1) is 18.1 Å². The molecule has 0 atom stereocenters. The molecule has 0 bridgehead atoms. The predicted octanol–water partition coefficient (Wildman–Crippen LogP) is 1.92. The van der Waals surface area contributed by atoms with Gasteiger partial charge >= 0.3 is 0 Å². The van der Waals surface area contributed by atoms with Crippen LogP contribution in [0.3, 0.4) is 0 Å². The summed E-state index contributed by atoms with van der Waals surface area (Å²) in [5.41, 5.74) is -0.525. The van der Waals surface area contributed by atoms with Crippen LogP contribution in [0.25, 0.3) is 0 Å². The largest absolute Gasteiger partial charge is 0.490 e. The molecule has 1 aliphatic rings. The maximum Gasteiger partial charge on any atom is 0.241 e. The Hall–Kier alpha value is -1.27. The molecule has 19 heavy (non-hydrogen) atoms. The van der Waals surface area contributed by atoms with Crippen molar-refractivity contribution >= 4 is 10.0 Å². The molecule has 0 aliphatic carbocycles. The minimum absolute atomic E-state index is 0.187. The maximum absolute atomic E-state index is 12.2. The first-order valence-corrected chi connectivity index (χ1v) is 7.70. The van der Waals surface area contributed by atoms with E-state index in [2.05, 4.69) is 4.72 Å². The van der Waals surface area contributed by atoms with Gasteiger partial charge in [-0.1, -0.05) is 0 Å². The molecule has 1 heterocycles. The molecule has 0 saturated carbocycles. The number of rotatable bonds is 2.